The quantitative estimate of drug-likeness (QED) is 0.224. The molecule has 26 heavy (non-hydrogen) atoms. The van der Waals surface area contributed by atoms with Crippen molar-refractivity contribution in [3.8, 4) is 0 Å². The molecule has 0 aliphatic rings. The molecule has 4 aromatic rings. The molecule has 0 saturated carbocycles. The standard InChI is InChI=1S/2C10H9Si.2ClH.2V/c2*1-11-10-6-8-4-2-3-5-9(8)7-10;;;;/h2*2-7H,1H3;2*1H;;/q2*-1;;;2*+2/p-2. The molecular weight excluding hydrogens is 469 g/mol. The Morgan fingerprint density at radius 3 is 1.27 bits per heavy atom. The topological polar surface area (TPSA) is 0 Å². The predicted molar refractivity (Wildman–Crippen MR) is 102 cm³/mol. The van der Waals surface area contributed by atoms with Gasteiger partial charge in [-0.05, 0) is 0 Å². The van der Waals surface area contributed by atoms with Gasteiger partial charge < -0.3 is 24.8 Å². The molecule has 130 valence electrons. The van der Waals surface area contributed by atoms with Gasteiger partial charge in [0.25, 0.3) is 0 Å². The van der Waals surface area contributed by atoms with E-state index >= 15 is 0 Å². The maximum atomic E-state index is 2.27. The fourth-order valence-electron chi connectivity index (χ4n) is 2.59. The Hall–Kier alpha value is -0.157. The average molecular weight is 487 g/mol. The summed E-state index contributed by atoms with van der Waals surface area (Å²) in [7, 11) is 1.83. The van der Waals surface area contributed by atoms with Gasteiger partial charge in [0.05, 0.1) is 19.0 Å². The zero-order valence-electron chi connectivity index (χ0n) is 14.6. The first-order chi connectivity index (χ1) is 10.8. The van der Waals surface area contributed by atoms with Crippen molar-refractivity contribution in [2.24, 2.45) is 0 Å². The van der Waals surface area contributed by atoms with Crippen LogP contribution in [-0.4, -0.2) is 19.0 Å². The van der Waals surface area contributed by atoms with Gasteiger partial charge in [0.2, 0.25) is 0 Å². The maximum Gasteiger partial charge on any atom is 2.00 e. The Morgan fingerprint density at radius 1 is 0.615 bits per heavy atom. The van der Waals surface area contributed by atoms with E-state index in [0.29, 0.717) is 0 Å². The average Bonchev–Trinajstić information content (AvgIpc) is 3.18. The molecule has 0 atom stereocenters. The van der Waals surface area contributed by atoms with E-state index in [0.717, 1.165) is 19.0 Å². The molecule has 0 spiro atoms. The van der Waals surface area contributed by atoms with Gasteiger partial charge in [0.15, 0.2) is 0 Å². The van der Waals surface area contributed by atoms with Gasteiger partial charge in [-0.3, -0.25) is 0 Å². The fourth-order valence-corrected chi connectivity index (χ4v) is 3.79. The summed E-state index contributed by atoms with van der Waals surface area (Å²) in [6.07, 6.45) is 0. The van der Waals surface area contributed by atoms with E-state index in [1.165, 1.54) is 31.9 Å². The zero-order chi connectivity index (χ0) is 15.4. The first kappa shape index (κ1) is 28.1. The van der Waals surface area contributed by atoms with Crippen LogP contribution >= 0.6 is 0 Å². The van der Waals surface area contributed by atoms with Crippen molar-refractivity contribution in [3.63, 3.8) is 0 Å². The number of hydrogen-bond acceptors (Lipinski definition) is 0. The van der Waals surface area contributed by atoms with Crippen molar-refractivity contribution in [2.75, 3.05) is 0 Å². The van der Waals surface area contributed by atoms with Crippen LogP contribution in [0.25, 0.3) is 21.5 Å². The van der Waals surface area contributed by atoms with Crippen molar-refractivity contribution in [1.29, 1.82) is 0 Å². The maximum absolute atomic E-state index is 2.27. The molecule has 0 nitrogen and oxygen atoms in total. The number of fused-ring (bicyclic) bond motifs is 2. The zero-order valence-corrected chi connectivity index (χ0v) is 20.9. The van der Waals surface area contributed by atoms with Crippen molar-refractivity contribution in [2.45, 2.75) is 13.1 Å². The first-order valence-electron chi connectivity index (χ1n) is 7.46. The Labute approximate surface area is 197 Å². The SMILES string of the molecule is C[Si]c1cc2ccccc2[cH-]1.C[Si]c1cc2ccccc2[cH-]1.[Cl-].[Cl-].[V+2].[V+2]. The van der Waals surface area contributed by atoms with E-state index in [9.17, 15) is 0 Å². The van der Waals surface area contributed by atoms with Crippen LogP contribution < -0.4 is 35.2 Å². The van der Waals surface area contributed by atoms with E-state index in [-0.39, 0.29) is 61.9 Å². The number of halogens is 2. The van der Waals surface area contributed by atoms with Crippen LogP contribution in [0.15, 0.2) is 72.8 Å². The van der Waals surface area contributed by atoms with Crippen LogP contribution in [0, 0.1) is 0 Å². The normalized spacial score (nSPS) is 9.00. The first-order valence-corrected chi connectivity index (χ1v) is 10.5. The van der Waals surface area contributed by atoms with Gasteiger partial charge in [0.1, 0.15) is 0 Å². The van der Waals surface area contributed by atoms with E-state index in [2.05, 4.69) is 85.9 Å². The third-order valence-electron chi connectivity index (χ3n) is 3.81. The molecule has 0 amide bonds. The molecule has 0 N–H and O–H groups in total. The molecule has 4 rings (SSSR count). The Morgan fingerprint density at radius 2 is 0.962 bits per heavy atom. The minimum absolute atomic E-state index is 0. The van der Waals surface area contributed by atoms with Gasteiger partial charge in [-0.15, -0.1) is 59.3 Å². The van der Waals surface area contributed by atoms with Crippen molar-refractivity contribution < 1.29 is 61.9 Å². The smallest absolute Gasteiger partial charge is 1.00 e. The number of hydrogen-bond donors (Lipinski definition) is 0. The van der Waals surface area contributed by atoms with E-state index < -0.39 is 0 Å². The molecule has 0 fully saturated rings. The summed E-state index contributed by atoms with van der Waals surface area (Å²) >= 11 is 0. The van der Waals surface area contributed by atoms with Crippen molar-refractivity contribution >= 4 is 51.0 Å². The molecule has 0 saturated heterocycles. The van der Waals surface area contributed by atoms with Gasteiger partial charge in [0, 0.05) is 0 Å². The van der Waals surface area contributed by atoms with Gasteiger partial charge in [-0.25, -0.2) is 0 Å². The van der Waals surface area contributed by atoms with Crippen LogP contribution in [0.1, 0.15) is 0 Å². The molecule has 0 bridgehead atoms. The van der Waals surface area contributed by atoms with Crippen molar-refractivity contribution in [1.82, 2.24) is 0 Å². The van der Waals surface area contributed by atoms with E-state index in [1.807, 2.05) is 0 Å². The summed E-state index contributed by atoms with van der Waals surface area (Å²) in [5.41, 5.74) is 0. The Balaban J connectivity index is 0. The van der Waals surface area contributed by atoms with Crippen LogP contribution in [0.3, 0.4) is 0 Å². The monoisotopic (exact) mass is 486 g/mol. The molecule has 4 aromatic carbocycles. The van der Waals surface area contributed by atoms with Crippen molar-refractivity contribution in [3.05, 3.63) is 72.8 Å². The van der Waals surface area contributed by atoms with Gasteiger partial charge >= 0.3 is 37.1 Å². The van der Waals surface area contributed by atoms with Gasteiger partial charge in [-0.1, -0.05) is 25.2 Å². The summed E-state index contributed by atoms with van der Waals surface area (Å²) in [6.45, 7) is 4.43. The van der Waals surface area contributed by atoms with Crippen LogP contribution in [0.5, 0.6) is 0 Å². The Bertz CT molecular complexity index is 747. The van der Waals surface area contributed by atoms with Crippen LogP contribution in [0.4, 0.5) is 0 Å². The van der Waals surface area contributed by atoms with Crippen LogP contribution in [0.2, 0.25) is 13.1 Å². The number of benzene rings is 2. The molecule has 0 aliphatic heterocycles. The molecule has 0 unspecified atom stereocenters. The fraction of sp³-hybridized carbons (Fsp3) is 0.100. The summed E-state index contributed by atoms with van der Waals surface area (Å²) < 4.78 is 0. The van der Waals surface area contributed by atoms with E-state index in [1.54, 1.807) is 0 Å². The molecule has 6 radical (unpaired) electrons. The summed E-state index contributed by atoms with van der Waals surface area (Å²) in [6, 6.07) is 26.1. The Kier molecular flexibility index (Phi) is 15.0. The number of rotatable bonds is 2. The second-order valence-corrected chi connectivity index (χ2v) is 7.40. The molecule has 0 aliphatic carbocycles. The van der Waals surface area contributed by atoms with Gasteiger partial charge in [-0.2, -0.15) is 33.3 Å². The largest absolute Gasteiger partial charge is 2.00 e. The molecule has 0 aromatic heterocycles. The summed E-state index contributed by atoms with van der Waals surface area (Å²) in [5.74, 6) is 0. The molecule has 6 heteroatoms. The minimum Gasteiger partial charge on any atom is -1.00 e. The second kappa shape index (κ2) is 13.9. The third-order valence-corrected chi connectivity index (χ3v) is 5.55. The molecule has 0 heterocycles. The second-order valence-electron chi connectivity index (χ2n) is 5.25. The molecular formula is C20H18Cl2Si2V2. The van der Waals surface area contributed by atoms with Crippen LogP contribution in [-0.2, 0) is 37.1 Å². The third kappa shape index (κ3) is 7.11. The summed E-state index contributed by atoms with van der Waals surface area (Å²) in [5, 5.41) is 8.42. The minimum atomic E-state index is 0. The predicted octanol–water partition coefficient (Wildman–Crippen LogP) is -2.12. The van der Waals surface area contributed by atoms with E-state index in [4.69, 9.17) is 0 Å². The summed E-state index contributed by atoms with van der Waals surface area (Å²) in [4.78, 5) is 0.